The minimum Gasteiger partial charge on any atom is -0.497 e. The molecule has 0 aliphatic carbocycles. The zero-order valence-corrected chi connectivity index (χ0v) is 18.6. The molecule has 1 N–H and O–H groups in total. The summed E-state index contributed by atoms with van der Waals surface area (Å²) in [4.78, 5) is 17.6. The number of methoxy groups -OCH3 is 1. The van der Waals surface area contributed by atoms with Crippen LogP contribution in [0.4, 0.5) is 5.95 Å². The number of nitrogens with one attached hydrogen (secondary N) is 1. The van der Waals surface area contributed by atoms with Crippen LogP contribution in [0.5, 0.6) is 11.5 Å². The highest BCUT2D eigenvalue weighted by Gasteiger charge is 2.35. The highest BCUT2D eigenvalue weighted by molar-refractivity contribution is 5.92. The van der Waals surface area contributed by atoms with Gasteiger partial charge >= 0.3 is 5.97 Å². The first-order valence-electron chi connectivity index (χ1n) is 10.5. The second kappa shape index (κ2) is 9.13. The van der Waals surface area contributed by atoms with Gasteiger partial charge in [-0.1, -0.05) is 12.1 Å². The summed E-state index contributed by atoms with van der Waals surface area (Å²) in [5.74, 6) is 2.24. The number of rotatable bonds is 7. The molecular weight excluding hydrogens is 408 g/mol. The van der Waals surface area contributed by atoms with Gasteiger partial charge in [0.25, 0.3) is 0 Å². The average molecular weight is 434 g/mol. The van der Waals surface area contributed by atoms with Crippen LogP contribution in [0.1, 0.15) is 32.4 Å². The number of hydrogen-bond donors (Lipinski definition) is 1. The molecule has 1 aromatic heterocycles. The molecule has 0 saturated heterocycles. The van der Waals surface area contributed by atoms with Gasteiger partial charge in [0.15, 0.2) is 5.82 Å². The first kappa shape index (κ1) is 21.4. The van der Waals surface area contributed by atoms with E-state index in [2.05, 4.69) is 10.3 Å². The van der Waals surface area contributed by atoms with Gasteiger partial charge in [-0.25, -0.2) is 9.48 Å². The fourth-order valence-corrected chi connectivity index (χ4v) is 3.71. The van der Waals surface area contributed by atoms with E-state index in [1.807, 2.05) is 62.4 Å². The van der Waals surface area contributed by atoms with Crippen molar-refractivity contribution < 1.29 is 19.0 Å². The van der Waals surface area contributed by atoms with Crippen LogP contribution in [0.25, 0.3) is 11.4 Å². The molecule has 0 amide bonds. The molecule has 1 aliphatic heterocycles. The van der Waals surface area contributed by atoms with Crippen LogP contribution < -0.4 is 14.8 Å². The van der Waals surface area contributed by atoms with Crippen molar-refractivity contribution in [3.8, 4) is 22.9 Å². The van der Waals surface area contributed by atoms with Gasteiger partial charge in [-0.15, -0.1) is 5.10 Å². The van der Waals surface area contributed by atoms with Crippen molar-refractivity contribution in [3.63, 3.8) is 0 Å². The second-order valence-electron chi connectivity index (χ2n) is 7.22. The zero-order chi connectivity index (χ0) is 22.7. The molecule has 2 heterocycles. The Morgan fingerprint density at radius 3 is 2.34 bits per heavy atom. The second-order valence-corrected chi connectivity index (χ2v) is 7.22. The third kappa shape index (κ3) is 4.03. The first-order valence-corrected chi connectivity index (χ1v) is 10.5. The number of esters is 1. The van der Waals surface area contributed by atoms with E-state index in [1.165, 1.54) is 0 Å². The smallest absolute Gasteiger partial charge is 0.338 e. The average Bonchev–Trinajstić information content (AvgIpc) is 3.22. The molecule has 0 saturated carbocycles. The van der Waals surface area contributed by atoms with E-state index in [0.717, 1.165) is 22.6 Å². The summed E-state index contributed by atoms with van der Waals surface area (Å²) in [5.41, 5.74) is 2.90. The lowest BCUT2D eigenvalue weighted by Gasteiger charge is -2.28. The predicted octanol–water partition coefficient (Wildman–Crippen LogP) is 4.20. The molecule has 3 aromatic rings. The molecule has 0 bridgehead atoms. The van der Waals surface area contributed by atoms with E-state index < -0.39 is 6.04 Å². The summed E-state index contributed by atoms with van der Waals surface area (Å²) < 4.78 is 17.9. The first-order chi connectivity index (χ1) is 15.5. The molecule has 166 valence electrons. The van der Waals surface area contributed by atoms with E-state index in [0.29, 0.717) is 29.6 Å². The number of carbonyl (C=O) groups is 1. The van der Waals surface area contributed by atoms with Crippen LogP contribution in [-0.2, 0) is 9.53 Å². The maximum atomic E-state index is 12.9. The topological polar surface area (TPSA) is 87.5 Å². The van der Waals surface area contributed by atoms with Gasteiger partial charge in [0.05, 0.1) is 25.9 Å². The van der Waals surface area contributed by atoms with E-state index in [4.69, 9.17) is 19.3 Å². The molecule has 8 nitrogen and oxygen atoms in total. The van der Waals surface area contributed by atoms with E-state index >= 15 is 0 Å². The quantitative estimate of drug-likeness (QED) is 0.558. The lowest BCUT2D eigenvalue weighted by Crippen LogP contribution is -2.29. The number of benzene rings is 2. The molecule has 1 atom stereocenters. The Bertz CT molecular complexity index is 1130. The van der Waals surface area contributed by atoms with Gasteiger partial charge in [-0.3, -0.25) is 0 Å². The largest absolute Gasteiger partial charge is 0.497 e. The van der Waals surface area contributed by atoms with Gasteiger partial charge in [0, 0.05) is 11.3 Å². The van der Waals surface area contributed by atoms with Gasteiger partial charge in [-0.05, 0) is 62.7 Å². The maximum Gasteiger partial charge on any atom is 0.338 e. The number of carbonyl (C=O) groups excluding carboxylic acids is 1. The lowest BCUT2D eigenvalue weighted by molar-refractivity contribution is -0.139. The van der Waals surface area contributed by atoms with E-state index in [-0.39, 0.29) is 12.6 Å². The number of anilines is 1. The standard InChI is InChI=1S/C24H26N4O4/c1-5-31-19-13-7-16(8-14-19)21-20(23(29)32-6-2)15(3)25-24-26-22(27-28(21)24)17-9-11-18(30-4)12-10-17/h7-14,21H,5-6H2,1-4H3,(H,25,26,27). The van der Waals surface area contributed by atoms with Crippen molar-refractivity contribution in [2.75, 3.05) is 25.6 Å². The van der Waals surface area contributed by atoms with Crippen molar-refractivity contribution in [2.45, 2.75) is 26.8 Å². The van der Waals surface area contributed by atoms with Crippen LogP contribution in [0.3, 0.4) is 0 Å². The summed E-state index contributed by atoms with van der Waals surface area (Å²) in [6.07, 6.45) is 0. The lowest BCUT2D eigenvalue weighted by atomic mass is 9.96. The highest BCUT2D eigenvalue weighted by atomic mass is 16.5. The molecule has 8 heteroatoms. The predicted molar refractivity (Wildman–Crippen MR) is 121 cm³/mol. The molecule has 0 spiro atoms. The number of aromatic nitrogens is 3. The summed E-state index contributed by atoms with van der Waals surface area (Å²) in [5, 5.41) is 7.96. The van der Waals surface area contributed by atoms with Crippen LogP contribution in [0.15, 0.2) is 59.8 Å². The molecule has 0 radical (unpaired) electrons. The van der Waals surface area contributed by atoms with Crippen molar-refractivity contribution in [1.82, 2.24) is 14.8 Å². The van der Waals surface area contributed by atoms with Crippen molar-refractivity contribution in [2.24, 2.45) is 0 Å². The summed E-state index contributed by atoms with van der Waals surface area (Å²) >= 11 is 0. The Morgan fingerprint density at radius 1 is 1.03 bits per heavy atom. The third-order valence-electron chi connectivity index (χ3n) is 5.20. The Morgan fingerprint density at radius 2 is 1.72 bits per heavy atom. The monoisotopic (exact) mass is 434 g/mol. The molecule has 1 aliphatic rings. The normalized spacial score (nSPS) is 15.1. The number of fused-ring (bicyclic) bond motifs is 1. The third-order valence-corrected chi connectivity index (χ3v) is 5.20. The highest BCUT2D eigenvalue weighted by Crippen LogP contribution is 2.37. The fraction of sp³-hybridized carbons (Fsp3) is 0.292. The van der Waals surface area contributed by atoms with E-state index in [1.54, 1.807) is 18.7 Å². The van der Waals surface area contributed by atoms with Crippen molar-refractivity contribution >= 4 is 11.9 Å². The number of hydrogen-bond acceptors (Lipinski definition) is 7. The van der Waals surface area contributed by atoms with Crippen LogP contribution in [-0.4, -0.2) is 41.1 Å². The van der Waals surface area contributed by atoms with Crippen molar-refractivity contribution in [3.05, 3.63) is 65.4 Å². The minimum atomic E-state index is -0.486. The van der Waals surface area contributed by atoms with Gasteiger partial charge in [0.1, 0.15) is 17.5 Å². The van der Waals surface area contributed by atoms with Gasteiger partial charge in [-0.2, -0.15) is 4.98 Å². The SMILES string of the molecule is CCOC(=O)C1=C(C)Nc2nc(-c3ccc(OC)cc3)nn2C1c1ccc(OCC)cc1. The minimum absolute atomic E-state index is 0.285. The number of nitrogens with zero attached hydrogens (tertiary/aromatic N) is 3. The molecule has 2 aromatic carbocycles. The summed E-state index contributed by atoms with van der Waals surface area (Å²) in [6.45, 7) is 6.44. The Kier molecular flexibility index (Phi) is 6.11. The number of ether oxygens (including phenoxy) is 3. The Labute approximate surface area is 186 Å². The van der Waals surface area contributed by atoms with Gasteiger partial charge < -0.3 is 19.5 Å². The van der Waals surface area contributed by atoms with E-state index in [9.17, 15) is 4.79 Å². The maximum absolute atomic E-state index is 12.9. The van der Waals surface area contributed by atoms with Crippen LogP contribution >= 0.6 is 0 Å². The Hall–Kier alpha value is -3.81. The molecule has 0 fully saturated rings. The zero-order valence-electron chi connectivity index (χ0n) is 18.6. The van der Waals surface area contributed by atoms with Crippen LogP contribution in [0, 0.1) is 0 Å². The molecule has 4 rings (SSSR count). The Balaban J connectivity index is 1.79. The van der Waals surface area contributed by atoms with Gasteiger partial charge in [0.2, 0.25) is 5.95 Å². The molecule has 32 heavy (non-hydrogen) atoms. The fourth-order valence-electron chi connectivity index (χ4n) is 3.71. The van der Waals surface area contributed by atoms with Crippen LogP contribution in [0.2, 0.25) is 0 Å². The summed E-state index contributed by atoms with van der Waals surface area (Å²) in [7, 11) is 1.62. The number of allylic oxidation sites excluding steroid dienone is 1. The molecular formula is C24H26N4O4. The van der Waals surface area contributed by atoms with Crippen molar-refractivity contribution in [1.29, 1.82) is 0 Å². The summed E-state index contributed by atoms with van der Waals surface area (Å²) in [6, 6.07) is 14.7. The molecule has 1 unspecified atom stereocenters.